The average molecular weight is 511 g/mol. The Labute approximate surface area is 220 Å². The van der Waals surface area contributed by atoms with E-state index in [1.165, 1.54) is 16.3 Å². The molecular weight excluding hydrogens is 480 g/mol. The molecule has 1 saturated carbocycles. The molecule has 0 unspecified atom stereocenters. The maximum atomic E-state index is 13.7. The zero-order valence-electron chi connectivity index (χ0n) is 20.9. The monoisotopic (exact) mass is 510 g/mol. The van der Waals surface area contributed by atoms with Gasteiger partial charge in [-0.3, -0.25) is 4.79 Å². The maximum Gasteiger partial charge on any atom is 0.328 e. The summed E-state index contributed by atoms with van der Waals surface area (Å²) in [4.78, 5) is 29.1. The van der Waals surface area contributed by atoms with Crippen molar-refractivity contribution in [2.45, 2.75) is 45.4 Å². The second kappa shape index (κ2) is 10.7. The van der Waals surface area contributed by atoms with Gasteiger partial charge in [0.25, 0.3) is 0 Å². The normalized spacial score (nSPS) is 15.2. The zero-order valence-corrected chi connectivity index (χ0v) is 21.7. The van der Waals surface area contributed by atoms with E-state index >= 15 is 0 Å². The van der Waals surface area contributed by atoms with E-state index in [0.717, 1.165) is 65.4 Å². The van der Waals surface area contributed by atoms with Gasteiger partial charge in [-0.15, -0.1) is 11.3 Å². The van der Waals surface area contributed by atoms with Crippen LogP contribution in [0.5, 0.6) is 0 Å². The van der Waals surface area contributed by atoms with Crippen LogP contribution >= 0.6 is 11.3 Å². The van der Waals surface area contributed by atoms with Crippen LogP contribution in [0.25, 0.3) is 27.4 Å². The van der Waals surface area contributed by atoms with Gasteiger partial charge < -0.3 is 10.4 Å². The van der Waals surface area contributed by atoms with Gasteiger partial charge in [0, 0.05) is 11.8 Å². The van der Waals surface area contributed by atoms with Crippen molar-refractivity contribution in [3.63, 3.8) is 0 Å². The Morgan fingerprint density at radius 1 is 1.00 bits per heavy atom. The number of carboxylic acid groups (broad SMARTS) is 1. The number of aromatic nitrogens is 1. The molecule has 5 nitrogen and oxygen atoms in total. The van der Waals surface area contributed by atoms with E-state index < -0.39 is 11.4 Å². The number of carboxylic acids is 1. The van der Waals surface area contributed by atoms with Crippen LogP contribution in [0, 0.1) is 12.3 Å². The maximum absolute atomic E-state index is 13.7. The van der Waals surface area contributed by atoms with Crippen molar-refractivity contribution in [3.05, 3.63) is 88.9 Å². The van der Waals surface area contributed by atoms with Crippen molar-refractivity contribution in [3.8, 4) is 11.1 Å². The number of hydrogen-bond donors (Lipinski definition) is 2. The van der Waals surface area contributed by atoms with Gasteiger partial charge in [0.15, 0.2) is 0 Å². The lowest BCUT2D eigenvalue weighted by atomic mass is 9.69. The first-order valence-electron chi connectivity index (χ1n) is 12.7. The predicted octanol–water partition coefficient (Wildman–Crippen LogP) is 7.50. The van der Waals surface area contributed by atoms with Crippen molar-refractivity contribution < 1.29 is 14.7 Å². The Bertz CT molecular complexity index is 1460. The first-order chi connectivity index (χ1) is 17.9. The summed E-state index contributed by atoms with van der Waals surface area (Å²) in [6.45, 7) is 2.03. The lowest BCUT2D eigenvalue weighted by molar-refractivity contribution is -0.131. The lowest BCUT2D eigenvalue weighted by Gasteiger charge is -2.36. The molecule has 188 valence electrons. The van der Waals surface area contributed by atoms with E-state index in [1.54, 1.807) is 11.3 Å². The quantitative estimate of drug-likeness (QED) is 0.252. The van der Waals surface area contributed by atoms with Crippen LogP contribution in [0.3, 0.4) is 0 Å². The third-order valence-corrected chi connectivity index (χ3v) is 8.11. The molecule has 1 aliphatic carbocycles. The molecule has 1 aliphatic rings. The predicted molar refractivity (Wildman–Crippen MR) is 151 cm³/mol. The fourth-order valence-corrected chi connectivity index (χ4v) is 6.16. The second-order valence-electron chi connectivity index (χ2n) is 9.88. The number of amides is 1. The van der Waals surface area contributed by atoms with E-state index in [0.29, 0.717) is 12.1 Å². The average Bonchev–Trinajstić information content (AvgIpc) is 3.28. The molecule has 3 aromatic carbocycles. The highest BCUT2D eigenvalue weighted by molar-refractivity contribution is 7.18. The summed E-state index contributed by atoms with van der Waals surface area (Å²) >= 11 is 1.71. The van der Waals surface area contributed by atoms with E-state index in [9.17, 15) is 9.59 Å². The molecule has 0 radical (unpaired) electrons. The number of nitrogens with one attached hydrogen (secondary N) is 1. The van der Waals surface area contributed by atoms with Gasteiger partial charge in [-0.25, -0.2) is 9.78 Å². The number of fused-ring (bicyclic) bond motifs is 1. The van der Waals surface area contributed by atoms with Gasteiger partial charge >= 0.3 is 5.97 Å². The molecule has 4 aromatic rings. The molecule has 0 spiro atoms. The lowest BCUT2D eigenvalue weighted by Crippen LogP contribution is -2.40. The molecule has 0 atom stereocenters. The number of nitrogens with zero attached hydrogens (tertiary/aromatic N) is 1. The highest BCUT2D eigenvalue weighted by Gasteiger charge is 2.39. The van der Waals surface area contributed by atoms with Crippen molar-refractivity contribution >= 4 is 45.2 Å². The third kappa shape index (κ3) is 5.81. The number of aryl methyl sites for hydroxylation is 1. The molecular formula is C31H30N2O3S. The van der Waals surface area contributed by atoms with Crippen molar-refractivity contribution in [2.24, 2.45) is 5.41 Å². The number of carbonyl (C=O) groups excluding carboxylic acids is 1. The SMILES string of the molecule is Cc1nc2ccc(-c3ccc(CC4(C(=O)Nc5cccc(/C=C/C(=O)O)c5)CCCCC4)cc3)cc2s1. The van der Waals surface area contributed by atoms with Gasteiger partial charge in [-0.05, 0) is 78.8 Å². The summed E-state index contributed by atoms with van der Waals surface area (Å²) in [6, 6.07) is 22.3. The third-order valence-electron chi connectivity index (χ3n) is 7.18. The van der Waals surface area contributed by atoms with E-state index in [4.69, 9.17) is 5.11 Å². The van der Waals surface area contributed by atoms with E-state index in [2.05, 4.69) is 52.8 Å². The molecule has 0 bridgehead atoms. The van der Waals surface area contributed by atoms with Gasteiger partial charge in [0.2, 0.25) is 5.91 Å². The summed E-state index contributed by atoms with van der Waals surface area (Å²) < 4.78 is 1.19. The van der Waals surface area contributed by atoms with Crippen LogP contribution < -0.4 is 5.32 Å². The zero-order chi connectivity index (χ0) is 25.8. The summed E-state index contributed by atoms with van der Waals surface area (Å²) in [7, 11) is 0. The first-order valence-corrected chi connectivity index (χ1v) is 13.5. The van der Waals surface area contributed by atoms with E-state index in [-0.39, 0.29) is 5.91 Å². The smallest absolute Gasteiger partial charge is 0.328 e. The second-order valence-corrected chi connectivity index (χ2v) is 11.1. The summed E-state index contributed by atoms with van der Waals surface area (Å²) in [5.41, 5.74) is 5.50. The number of thiazole rings is 1. The van der Waals surface area contributed by atoms with Gasteiger partial charge in [0.05, 0.1) is 20.6 Å². The Kier molecular flexibility index (Phi) is 7.19. The number of carbonyl (C=O) groups is 2. The number of hydrogen-bond acceptors (Lipinski definition) is 4. The van der Waals surface area contributed by atoms with Crippen molar-refractivity contribution in [2.75, 3.05) is 5.32 Å². The standard InChI is InChI=1S/C31H30N2O3S/c1-21-32-27-14-13-25(19-28(27)37-21)24-11-8-23(9-12-24)20-31(16-3-2-4-17-31)30(36)33-26-7-5-6-22(18-26)10-15-29(34)35/h5-15,18-19H,2-4,16-17,20H2,1H3,(H,33,36)(H,34,35)/b15-10+. The molecule has 1 amide bonds. The Balaban J connectivity index is 1.34. The van der Waals surface area contributed by atoms with Gasteiger partial charge in [-0.2, -0.15) is 0 Å². The molecule has 1 heterocycles. The molecule has 5 rings (SSSR count). The fraction of sp³-hybridized carbons (Fsp3) is 0.258. The number of benzene rings is 3. The number of rotatable bonds is 7. The minimum Gasteiger partial charge on any atom is -0.478 e. The molecule has 2 N–H and O–H groups in total. The van der Waals surface area contributed by atoms with Crippen LogP contribution in [-0.2, 0) is 16.0 Å². The number of aliphatic carboxylic acids is 1. The molecule has 37 heavy (non-hydrogen) atoms. The molecule has 1 fully saturated rings. The highest BCUT2D eigenvalue weighted by Crippen LogP contribution is 2.41. The Morgan fingerprint density at radius 3 is 2.51 bits per heavy atom. The first kappa shape index (κ1) is 24.9. The summed E-state index contributed by atoms with van der Waals surface area (Å²) in [5.74, 6) is -0.956. The Hall–Kier alpha value is -3.77. The topological polar surface area (TPSA) is 79.3 Å². The summed E-state index contributed by atoms with van der Waals surface area (Å²) in [6.07, 6.45) is 8.30. The van der Waals surface area contributed by atoms with Crippen LogP contribution in [0.15, 0.2) is 72.8 Å². The molecule has 0 aliphatic heterocycles. The number of anilines is 1. The van der Waals surface area contributed by atoms with Gasteiger partial charge in [0.1, 0.15) is 0 Å². The van der Waals surface area contributed by atoms with Crippen molar-refractivity contribution in [1.29, 1.82) is 0 Å². The van der Waals surface area contributed by atoms with Crippen LogP contribution in [0.4, 0.5) is 5.69 Å². The summed E-state index contributed by atoms with van der Waals surface area (Å²) in [5, 5.41) is 13.1. The van der Waals surface area contributed by atoms with Gasteiger partial charge in [-0.1, -0.05) is 61.7 Å². The highest BCUT2D eigenvalue weighted by atomic mass is 32.1. The van der Waals surface area contributed by atoms with Crippen LogP contribution in [0.1, 0.15) is 48.2 Å². The molecule has 1 aromatic heterocycles. The largest absolute Gasteiger partial charge is 0.478 e. The van der Waals surface area contributed by atoms with Crippen LogP contribution in [-0.4, -0.2) is 22.0 Å². The van der Waals surface area contributed by atoms with Crippen LogP contribution in [0.2, 0.25) is 0 Å². The minimum absolute atomic E-state index is 0.0432. The molecule has 6 heteroatoms. The fourth-order valence-electron chi connectivity index (χ4n) is 5.29. The van der Waals surface area contributed by atoms with Crippen molar-refractivity contribution in [1.82, 2.24) is 4.98 Å². The van der Waals surface area contributed by atoms with E-state index in [1.807, 2.05) is 31.2 Å². The molecule has 0 saturated heterocycles. The minimum atomic E-state index is -0.999. The Morgan fingerprint density at radius 2 is 1.76 bits per heavy atom.